The Kier molecular flexibility index (Phi) is 3.92. The molecule has 6 heteroatoms. The summed E-state index contributed by atoms with van der Waals surface area (Å²) in [4.78, 5) is 20.5. The van der Waals surface area contributed by atoms with Crippen LogP contribution in [-0.4, -0.2) is 32.4 Å². The fraction of sp³-hybridized carbons (Fsp3) is 0.389. The number of rotatable bonds is 3. The molecule has 0 radical (unpaired) electrons. The number of fused-ring (bicyclic) bond motifs is 1. The molecular weight excluding hydrogens is 322 g/mol. The standard InChI is InChI=1S/C18H19N3O2S/c1-10-16(11(2)23-21-10)13-7-14-15(9-20-18(14)19-8-13)17(22)12-3-5-24-6-4-12/h7-9,12H,3-6H2,1-2H3,(H,19,20). The zero-order valence-corrected chi connectivity index (χ0v) is 14.6. The summed E-state index contributed by atoms with van der Waals surface area (Å²) in [5, 5.41) is 4.90. The van der Waals surface area contributed by atoms with E-state index in [4.69, 9.17) is 4.52 Å². The summed E-state index contributed by atoms with van der Waals surface area (Å²) in [7, 11) is 0. The Morgan fingerprint density at radius 3 is 2.83 bits per heavy atom. The van der Waals surface area contributed by atoms with Gasteiger partial charge in [0.05, 0.1) is 5.69 Å². The first-order valence-electron chi connectivity index (χ1n) is 8.17. The molecule has 1 aliphatic heterocycles. The Labute approximate surface area is 144 Å². The second-order valence-corrected chi connectivity index (χ2v) is 7.50. The second kappa shape index (κ2) is 6.09. The largest absolute Gasteiger partial charge is 0.361 e. The number of nitrogens with zero attached hydrogens (tertiary/aromatic N) is 2. The molecule has 3 aromatic heterocycles. The van der Waals surface area contributed by atoms with Crippen LogP contribution >= 0.6 is 11.8 Å². The lowest BCUT2D eigenvalue weighted by Gasteiger charge is -2.19. The van der Waals surface area contributed by atoms with Crippen LogP contribution in [0, 0.1) is 19.8 Å². The number of aromatic amines is 1. The highest BCUT2D eigenvalue weighted by molar-refractivity contribution is 7.99. The van der Waals surface area contributed by atoms with Crippen molar-refractivity contribution in [1.82, 2.24) is 15.1 Å². The number of aromatic nitrogens is 3. The van der Waals surface area contributed by atoms with Crippen LogP contribution < -0.4 is 0 Å². The van der Waals surface area contributed by atoms with Gasteiger partial charge in [0.25, 0.3) is 0 Å². The number of Topliss-reactive ketones (excluding diaryl/α,β-unsaturated/α-hetero) is 1. The van der Waals surface area contributed by atoms with E-state index in [-0.39, 0.29) is 11.7 Å². The molecule has 24 heavy (non-hydrogen) atoms. The van der Waals surface area contributed by atoms with Gasteiger partial charge in [0, 0.05) is 40.4 Å². The zero-order chi connectivity index (χ0) is 16.7. The van der Waals surface area contributed by atoms with Crippen molar-refractivity contribution in [3.05, 3.63) is 35.5 Å². The van der Waals surface area contributed by atoms with E-state index in [2.05, 4.69) is 15.1 Å². The number of hydrogen-bond donors (Lipinski definition) is 1. The number of pyridine rings is 1. The molecule has 4 heterocycles. The number of aryl methyl sites for hydroxylation is 2. The topological polar surface area (TPSA) is 71.8 Å². The molecule has 1 aliphatic rings. The Morgan fingerprint density at radius 1 is 1.33 bits per heavy atom. The molecule has 0 saturated carbocycles. The molecule has 1 N–H and O–H groups in total. The minimum atomic E-state index is 0.132. The van der Waals surface area contributed by atoms with E-state index < -0.39 is 0 Å². The molecule has 0 bridgehead atoms. The Hall–Kier alpha value is -2.08. The van der Waals surface area contributed by atoms with Crippen molar-refractivity contribution in [2.75, 3.05) is 11.5 Å². The van der Waals surface area contributed by atoms with Crippen molar-refractivity contribution in [3.63, 3.8) is 0 Å². The van der Waals surface area contributed by atoms with Crippen LogP contribution in [0.4, 0.5) is 0 Å². The predicted molar refractivity (Wildman–Crippen MR) is 95.4 cm³/mol. The number of carbonyl (C=O) groups is 1. The van der Waals surface area contributed by atoms with Crippen LogP contribution in [-0.2, 0) is 0 Å². The third kappa shape index (κ3) is 2.55. The van der Waals surface area contributed by atoms with Crippen LogP contribution in [0.1, 0.15) is 34.7 Å². The smallest absolute Gasteiger partial charge is 0.168 e. The lowest BCUT2D eigenvalue weighted by atomic mass is 9.92. The van der Waals surface area contributed by atoms with Crippen molar-refractivity contribution in [2.24, 2.45) is 5.92 Å². The molecule has 0 amide bonds. The molecule has 0 unspecified atom stereocenters. The van der Waals surface area contributed by atoms with Gasteiger partial charge in [0.1, 0.15) is 11.4 Å². The lowest BCUT2D eigenvalue weighted by molar-refractivity contribution is 0.0915. The van der Waals surface area contributed by atoms with E-state index in [1.807, 2.05) is 31.7 Å². The maximum atomic E-state index is 12.9. The maximum absolute atomic E-state index is 12.9. The van der Waals surface area contributed by atoms with Crippen molar-refractivity contribution >= 4 is 28.6 Å². The molecule has 0 aliphatic carbocycles. The summed E-state index contributed by atoms with van der Waals surface area (Å²) in [6.07, 6.45) is 5.54. The fourth-order valence-corrected chi connectivity index (χ4v) is 4.53. The third-order valence-corrected chi connectivity index (χ3v) is 5.76. The van der Waals surface area contributed by atoms with Crippen LogP contribution in [0.2, 0.25) is 0 Å². The lowest BCUT2D eigenvalue weighted by Crippen LogP contribution is -2.19. The van der Waals surface area contributed by atoms with Gasteiger partial charge in [-0.05, 0) is 44.3 Å². The van der Waals surface area contributed by atoms with Crippen LogP contribution in [0.3, 0.4) is 0 Å². The molecule has 0 aromatic carbocycles. The van der Waals surface area contributed by atoms with Gasteiger partial charge in [-0.15, -0.1) is 0 Å². The first-order chi connectivity index (χ1) is 11.6. The van der Waals surface area contributed by atoms with Crippen molar-refractivity contribution in [3.8, 4) is 11.1 Å². The summed E-state index contributed by atoms with van der Waals surface area (Å²) in [6.45, 7) is 3.81. The number of hydrogen-bond acceptors (Lipinski definition) is 5. The van der Waals surface area contributed by atoms with E-state index in [0.717, 1.165) is 63.5 Å². The summed E-state index contributed by atoms with van der Waals surface area (Å²) in [5.74, 6) is 3.27. The highest BCUT2D eigenvalue weighted by Gasteiger charge is 2.25. The van der Waals surface area contributed by atoms with Gasteiger partial charge in [0.15, 0.2) is 5.78 Å². The summed E-state index contributed by atoms with van der Waals surface area (Å²) < 4.78 is 5.26. The minimum Gasteiger partial charge on any atom is -0.361 e. The number of H-pyrrole nitrogens is 1. The Morgan fingerprint density at radius 2 is 2.12 bits per heavy atom. The predicted octanol–water partition coefficient (Wildman–Crippen LogP) is 4.16. The molecule has 1 saturated heterocycles. The first-order valence-corrected chi connectivity index (χ1v) is 9.33. The van der Waals surface area contributed by atoms with Crippen molar-refractivity contribution in [1.29, 1.82) is 0 Å². The monoisotopic (exact) mass is 341 g/mol. The van der Waals surface area contributed by atoms with E-state index in [0.29, 0.717) is 0 Å². The van der Waals surface area contributed by atoms with Gasteiger partial charge in [-0.1, -0.05) is 5.16 Å². The SMILES string of the molecule is Cc1noc(C)c1-c1cnc2[nH]cc(C(=O)C3CCSCC3)c2c1. The average molecular weight is 341 g/mol. The quantitative estimate of drug-likeness (QED) is 0.724. The molecule has 0 spiro atoms. The van der Waals surface area contributed by atoms with Crippen LogP contribution in [0.15, 0.2) is 23.0 Å². The van der Waals surface area contributed by atoms with Crippen LogP contribution in [0.25, 0.3) is 22.2 Å². The number of ketones is 1. The Balaban J connectivity index is 1.78. The van der Waals surface area contributed by atoms with Gasteiger partial charge in [0.2, 0.25) is 0 Å². The van der Waals surface area contributed by atoms with Gasteiger partial charge >= 0.3 is 0 Å². The summed E-state index contributed by atoms with van der Waals surface area (Å²) >= 11 is 1.93. The molecule has 4 rings (SSSR count). The van der Waals surface area contributed by atoms with E-state index >= 15 is 0 Å². The van der Waals surface area contributed by atoms with E-state index in [1.54, 1.807) is 12.4 Å². The van der Waals surface area contributed by atoms with Gasteiger partial charge in [-0.2, -0.15) is 11.8 Å². The number of carbonyl (C=O) groups excluding carboxylic acids is 1. The molecule has 5 nitrogen and oxygen atoms in total. The van der Waals surface area contributed by atoms with E-state index in [9.17, 15) is 4.79 Å². The molecular formula is C18H19N3O2S. The summed E-state index contributed by atoms with van der Waals surface area (Å²) in [5.41, 5.74) is 4.23. The Bertz CT molecular complexity index is 887. The summed E-state index contributed by atoms with van der Waals surface area (Å²) in [6, 6.07) is 2.02. The normalized spacial score (nSPS) is 15.9. The van der Waals surface area contributed by atoms with Gasteiger partial charge < -0.3 is 9.51 Å². The maximum Gasteiger partial charge on any atom is 0.168 e. The van der Waals surface area contributed by atoms with Gasteiger partial charge in [-0.3, -0.25) is 4.79 Å². The average Bonchev–Trinajstić information content (AvgIpc) is 3.17. The first kappa shape index (κ1) is 15.4. The minimum absolute atomic E-state index is 0.132. The van der Waals surface area contributed by atoms with Gasteiger partial charge in [-0.25, -0.2) is 4.98 Å². The fourth-order valence-electron chi connectivity index (χ4n) is 3.42. The molecule has 3 aromatic rings. The second-order valence-electron chi connectivity index (χ2n) is 6.27. The number of nitrogens with one attached hydrogen (secondary N) is 1. The molecule has 124 valence electrons. The molecule has 0 atom stereocenters. The van der Waals surface area contributed by atoms with Crippen LogP contribution in [0.5, 0.6) is 0 Å². The number of thioether (sulfide) groups is 1. The van der Waals surface area contributed by atoms with Crippen molar-refractivity contribution < 1.29 is 9.32 Å². The highest BCUT2D eigenvalue weighted by Crippen LogP contribution is 2.32. The third-order valence-electron chi connectivity index (χ3n) is 4.71. The van der Waals surface area contributed by atoms with E-state index in [1.165, 1.54) is 0 Å². The zero-order valence-electron chi connectivity index (χ0n) is 13.8. The highest BCUT2D eigenvalue weighted by atomic mass is 32.2. The molecule has 1 fully saturated rings. The van der Waals surface area contributed by atoms with Crippen molar-refractivity contribution in [2.45, 2.75) is 26.7 Å².